The fourth-order valence-electron chi connectivity index (χ4n) is 3.38. The molecule has 25 heavy (non-hydrogen) atoms. The molecule has 1 amide bonds. The highest BCUT2D eigenvalue weighted by molar-refractivity contribution is 6.69. The Labute approximate surface area is 152 Å². The second-order valence-electron chi connectivity index (χ2n) is 7.44. The van der Waals surface area contributed by atoms with E-state index in [4.69, 9.17) is 13.9 Å². The number of amides is 1. The van der Waals surface area contributed by atoms with Crippen LogP contribution < -0.4 is 14.8 Å². The van der Waals surface area contributed by atoms with Crippen molar-refractivity contribution in [1.82, 2.24) is 5.32 Å². The molecule has 0 saturated carbocycles. The lowest BCUT2D eigenvalue weighted by molar-refractivity contribution is -0.122. The Morgan fingerprint density at radius 1 is 1.24 bits per heavy atom. The highest BCUT2D eigenvalue weighted by Gasteiger charge is 2.35. The topological polar surface area (TPSA) is 56.8 Å². The minimum absolute atomic E-state index is 0.0153. The first-order valence-corrected chi connectivity index (χ1v) is 12.4. The number of ether oxygens (including phenoxy) is 2. The summed E-state index contributed by atoms with van der Waals surface area (Å²) in [6, 6.07) is 3.98. The Hall–Kier alpha value is -1.53. The Kier molecular flexibility index (Phi) is 6.51. The number of hydrogen-bond donors (Lipinski definition) is 1. The monoisotopic (exact) mass is 365 g/mol. The number of nitrogens with one attached hydrogen (secondary N) is 1. The average molecular weight is 366 g/mol. The summed E-state index contributed by atoms with van der Waals surface area (Å²) in [6.07, 6.45) is 3.08. The first-order chi connectivity index (χ1) is 11.8. The second-order valence-corrected chi connectivity index (χ2v) is 11.9. The molecule has 0 fully saturated rings. The summed E-state index contributed by atoms with van der Waals surface area (Å²) in [7, 11) is 1.52. The lowest BCUT2D eigenvalue weighted by Crippen LogP contribution is -2.43. The summed E-state index contributed by atoms with van der Waals surface area (Å²) in [6.45, 7) is 8.41. The zero-order valence-corrected chi connectivity index (χ0v) is 17.3. The summed E-state index contributed by atoms with van der Waals surface area (Å²) in [5.74, 6) is 1.59. The maximum Gasteiger partial charge on any atom is 0.220 e. The number of benzene rings is 1. The Morgan fingerprint density at radius 3 is 2.52 bits per heavy atom. The van der Waals surface area contributed by atoms with Gasteiger partial charge in [0.15, 0.2) is 19.8 Å². The molecule has 0 radical (unpaired) electrons. The maximum absolute atomic E-state index is 12.0. The third-order valence-electron chi connectivity index (χ3n) is 4.45. The molecule has 2 unspecified atom stereocenters. The molecule has 1 aromatic rings. The van der Waals surface area contributed by atoms with Gasteiger partial charge in [-0.15, -0.1) is 0 Å². The molecule has 0 aromatic heterocycles. The maximum atomic E-state index is 12.0. The van der Waals surface area contributed by atoms with Crippen molar-refractivity contribution in [2.75, 3.05) is 14.2 Å². The van der Waals surface area contributed by atoms with E-state index in [1.165, 1.54) is 0 Å². The molecule has 140 valence electrons. The fourth-order valence-corrected chi connectivity index (χ4v) is 4.43. The lowest BCUT2D eigenvalue weighted by atomic mass is 9.97. The summed E-state index contributed by atoms with van der Waals surface area (Å²) in [5.41, 5.74) is 2.25. The lowest BCUT2D eigenvalue weighted by Gasteiger charge is -2.33. The Balaban J connectivity index is 2.51. The van der Waals surface area contributed by atoms with Crippen molar-refractivity contribution >= 4 is 14.2 Å². The van der Waals surface area contributed by atoms with Crippen LogP contribution in [0.1, 0.15) is 43.4 Å². The number of fused-ring (bicyclic) bond motifs is 1. The van der Waals surface area contributed by atoms with E-state index in [1.54, 1.807) is 14.2 Å². The number of carbonyl (C=O) groups excluding carboxylic acids is 1. The van der Waals surface area contributed by atoms with Crippen molar-refractivity contribution in [3.63, 3.8) is 0 Å². The van der Waals surface area contributed by atoms with Crippen molar-refractivity contribution in [3.8, 4) is 11.5 Å². The average Bonchev–Trinajstić information content (AvgIpc) is 2.72. The van der Waals surface area contributed by atoms with Crippen LogP contribution in [0.15, 0.2) is 12.1 Å². The van der Waals surface area contributed by atoms with Crippen LogP contribution in [0.3, 0.4) is 0 Å². The smallest absolute Gasteiger partial charge is 0.220 e. The van der Waals surface area contributed by atoms with Gasteiger partial charge in [0.1, 0.15) is 0 Å². The molecule has 1 aromatic carbocycles. The van der Waals surface area contributed by atoms with Crippen molar-refractivity contribution in [1.29, 1.82) is 0 Å². The van der Waals surface area contributed by atoms with E-state index < -0.39 is 8.32 Å². The first kappa shape index (κ1) is 19.8. The molecule has 1 N–H and O–H groups in total. The van der Waals surface area contributed by atoms with Crippen LogP contribution >= 0.6 is 0 Å². The third kappa shape index (κ3) is 4.76. The van der Waals surface area contributed by atoms with Gasteiger partial charge in [-0.3, -0.25) is 4.79 Å². The van der Waals surface area contributed by atoms with Gasteiger partial charge in [-0.1, -0.05) is 13.0 Å². The van der Waals surface area contributed by atoms with E-state index in [2.05, 4.69) is 31.0 Å². The normalized spacial score (nSPS) is 20.4. The Bertz CT molecular complexity index is 612. The number of carbonyl (C=O) groups is 1. The quantitative estimate of drug-likeness (QED) is 0.615. The third-order valence-corrected chi connectivity index (χ3v) is 5.41. The van der Waals surface area contributed by atoms with Crippen molar-refractivity contribution < 1.29 is 18.7 Å². The van der Waals surface area contributed by atoms with Gasteiger partial charge in [0, 0.05) is 12.0 Å². The molecule has 2 rings (SSSR count). The predicted molar refractivity (Wildman–Crippen MR) is 102 cm³/mol. The van der Waals surface area contributed by atoms with Crippen LogP contribution in [0.4, 0.5) is 0 Å². The highest BCUT2D eigenvalue weighted by Crippen LogP contribution is 2.42. The molecule has 0 bridgehead atoms. The molecule has 1 aliphatic rings. The van der Waals surface area contributed by atoms with E-state index in [-0.39, 0.29) is 18.1 Å². The number of hydrogen-bond acceptors (Lipinski definition) is 4. The van der Waals surface area contributed by atoms with E-state index in [9.17, 15) is 4.79 Å². The molecule has 2 atom stereocenters. The summed E-state index contributed by atoms with van der Waals surface area (Å²) >= 11 is 0. The van der Waals surface area contributed by atoms with Gasteiger partial charge < -0.3 is 19.2 Å². The van der Waals surface area contributed by atoms with Crippen LogP contribution in [0.25, 0.3) is 0 Å². The minimum atomic E-state index is -1.81. The summed E-state index contributed by atoms with van der Waals surface area (Å²) < 4.78 is 17.7. The molecule has 0 spiro atoms. The van der Waals surface area contributed by atoms with Crippen molar-refractivity contribution in [2.45, 2.75) is 64.4 Å². The molecule has 5 nitrogen and oxygen atoms in total. The van der Waals surface area contributed by atoms with E-state index >= 15 is 0 Å². The van der Waals surface area contributed by atoms with Gasteiger partial charge in [0.2, 0.25) is 5.91 Å². The molecule has 0 heterocycles. The van der Waals surface area contributed by atoms with Gasteiger partial charge in [-0.05, 0) is 50.5 Å². The summed E-state index contributed by atoms with van der Waals surface area (Å²) in [4.78, 5) is 12.0. The molecule has 6 heteroatoms. The van der Waals surface area contributed by atoms with Gasteiger partial charge in [-0.2, -0.15) is 0 Å². The first-order valence-electron chi connectivity index (χ1n) is 9.01. The SMILES string of the molecule is CCC(=O)NC1CCCc2c(ccc(OC)c2OC)C1O[Si](C)(C)C. The molecular formula is C19H31NO4Si. The second kappa shape index (κ2) is 8.23. The predicted octanol–water partition coefficient (Wildman–Crippen LogP) is 3.83. The van der Waals surface area contributed by atoms with Gasteiger partial charge in [0.25, 0.3) is 0 Å². The molecular weight excluding hydrogens is 334 g/mol. The van der Waals surface area contributed by atoms with E-state index in [0.29, 0.717) is 6.42 Å². The zero-order chi connectivity index (χ0) is 18.6. The fraction of sp³-hybridized carbons (Fsp3) is 0.632. The standard InChI is InChI=1S/C19H31NO4Si/c1-7-17(21)20-15-10-8-9-13-14(18(15)24-25(4,5)6)11-12-16(22-2)19(13)23-3/h11-12,15,18H,7-10H2,1-6H3,(H,20,21). The van der Waals surface area contributed by atoms with Gasteiger partial charge >= 0.3 is 0 Å². The van der Waals surface area contributed by atoms with Crippen molar-refractivity contribution in [2.24, 2.45) is 0 Å². The summed E-state index contributed by atoms with van der Waals surface area (Å²) in [5, 5.41) is 3.17. The number of methoxy groups -OCH3 is 2. The minimum Gasteiger partial charge on any atom is -0.493 e. The van der Waals surface area contributed by atoms with Crippen molar-refractivity contribution in [3.05, 3.63) is 23.3 Å². The van der Waals surface area contributed by atoms with Crippen LogP contribution in [0, 0.1) is 0 Å². The Morgan fingerprint density at radius 2 is 1.96 bits per heavy atom. The molecule has 0 aliphatic heterocycles. The van der Waals surface area contributed by atoms with E-state index in [0.717, 1.165) is 41.9 Å². The molecule has 1 aliphatic carbocycles. The van der Waals surface area contributed by atoms with Crippen LogP contribution in [-0.2, 0) is 15.6 Å². The van der Waals surface area contributed by atoms with Crippen LogP contribution in [0.2, 0.25) is 19.6 Å². The van der Waals surface area contributed by atoms with Gasteiger partial charge in [-0.25, -0.2) is 0 Å². The molecule has 0 saturated heterocycles. The highest BCUT2D eigenvalue weighted by atomic mass is 28.4. The van der Waals surface area contributed by atoms with Crippen LogP contribution in [-0.4, -0.2) is 34.5 Å². The van der Waals surface area contributed by atoms with Gasteiger partial charge in [0.05, 0.1) is 26.4 Å². The largest absolute Gasteiger partial charge is 0.493 e. The van der Waals surface area contributed by atoms with E-state index in [1.807, 2.05) is 13.0 Å². The zero-order valence-electron chi connectivity index (χ0n) is 16.3. The van der Waals surface area contributed by atoms with Crippen LogP contribution in [0.5, 0.6) is 11.5 Å². The number of rotatable bonds is 6.